The molecular weight excluding hydrogens is 332 g/mol. The lowest BCUT2D eigenvalue weighted by Crippen LogP contribution is -2.62. The minimum Gasteiger partial charge on any atom is -0.342 e. The van der Waals surface area contributed by atoms with Gasteiger partial charge in [0.15, 0.2) is 0 Å². The Morgan fingerprint density at radius 1 is 1.19 bits per heavy atom. The van der Waals surface area contributed by atoms with Crippen LogP contribution >= 0.6 is 0 Å². The molecule has 3 N–H and O–H groups in total. The first kappa shape index (κ1) is 18.2. The van der Waals surface area contributed by atoms with Crippen LogP contribution in [-0.4, -0.2) is 47.4 Å². The first-order valence-corrected chi connectivity index (χ1v) is 9.09. The van der Waals surface area contributed by atoms with Gasteiger partial charge in [0.2, 0.25) is 11.8 Å². The molecule has 4 amide bonds. The second kappa shape index (κ2) is 7.35. The van der Waals surface area contributed by atoms with Gasteiger partial charge in [-0.05, 0) is 24.8 Å². The number of benzene rings is 1. The minimum atomic E-state index is -0.491. The van der Waals surface area contributed by atoms with Gasteiger partial charge >= 0.3 is 6.03 Å². The topological polar surface area (TPSA) is 90.5 Å². The first-order valence-electron chi connectivity index (χ1n) is 9.09. The quantitative estimate of drug-likeness (QED) is 0.755. The average Bonchev–Trinajstić information content (AvgIpc) is 3.03. The minimum absolute atomic E-state index is 0.0365. The largest absolute Gasteiger partial charge is 0.342 e. The highest BCUT2D eigenvalue weighted by molar-refractivity contribution is 5.97. The second-order valence-corrected chi connectivity index (χ2v) is 7.42. The number of urea groups is 1. The van der Waals surface area contributed by atoms with Crippen LogP contribution in [0, 0.1) is 5.92 Å². The molecule has 0 spiro atoms. The van der Waals surface area contributed by atoms with Crippen molar-refractivity contribution in [3.8, 4) is 0 Å². The summed E-state index contributed by atoms with van der Waals surface area (Å²) in [6, 6.07) is 8.06. The number of hydrogen-bond acceptors (Lipinski definition) is 3. The number of nitrogens with zero attached hydrogens (tertiary/aromatic N) is 1. The Morgan fingerprint density at radius 3 is 2.54 bits per heavy atom. The third-order valence-corrected chi connectivity index (χ3v) is 5.10. The van der Waals surface area contributed by atoms with Gasteiger partial charge < -0.3 is 20.9 Å². The van der Waals surface area contributed by atoms with E-state index >= 15 is 0 Å². The molecule has 2 saturated heterocycles. The fourth-order valence-electron chi connectivity index (χ4n) is 3.62. The molecule has 7 nitrogen and oxygen atoms in total. The zero-order chi connectivity index (χ0) is 18.8. The summed E-state index contributed by atoms with van der Waals surface area (Å²) in [7, 11) is 0. The molecule has 3 rings (SSSR count). The molecule has 0 saturated carbocycles. The number of amides is 4. The van der Waals surface area contributed by atoms with Crippen LogP contribution < -0.4 is 16.0 Å². The van der Waals surface area contributed by atoms with Gasteiger partial charge in [0, 0.05) is 6.54 Å². The van der Waals surface area contributed by atoms with E-state index in [0.717, 1.165) is 5.56 Å². The van der Waals surface area contributed by atoms with Crippen molar-refractivity contribution in [1.29, 1.82) is 0 Å². The van der Waals surface area contributed by atoms with Crippen LogP contribution in [0.1, 0.15) is 38.8 Å². The predicted octanol–water partition coefficient (Wildman–Crippen LogP) is 1.17. The zero-order valence-electron chi connectivity index (χ0n) is 15.4. The van der Waals surface area contributed by atoms with Crippen LogP contribution in [0.5, 0.6) is 0 Å². The van der Waals surface area contributed by atoms with Gasteiger partial charge in [0.25, 0.3) is 0 Å². The molecule has 140 valence electrons. The van der Waals surface area contributed by atoms with E-state index in [0.29, 0.717) is 13.0 Å². The van der Waals surface area contributed by atoms with E-state index in [-0.39, 0.29) is 35.8 Å². The normalized spacial score (nSPS) is 26.3. The Morgan fingerprint density at radius 2 is 1.88 bits per heavy atom. The number of carbonyl (C=O) groups is 3. The monoisotopic (exact) mass is 358 g/mol. The standard InChI is InChI=1S/C19H26N4O3/c1-11(2)16-18(25)23-10-14(9-15(23)17(24)22-16)21-19(26)20-12(3)13-7-5-4-6-8-13/h4-8,11-12,14-16H,9-10H2,1-3H3,(H,22,24)(H2,20,21,26)/t12-,14-,15-,16-/m0/s1. The van der Waals surface area contributed by atoms with Gasteiger partial charge in [-0.25, -0.2) is 4.79 Å². The lowest BCUT2D eigenvalue weighted by atomic mass is 9.98. The molecule has 1 aromatic carbocycles. The van der Waals surface area contributed by atoms with Crippen LogP contribution in [0.15, 0.2) is 30.3 Å². The summed E-state index contributed by atoms with van der Waals surface area (Å²) in [6.45, 7) is 6.10. The fraction of sp³-hybridized carbons (Fsp3) is 0.526. The summed E-state index contributed by atoms with van der Waals surface area (Å²) < 4.78 is 0. The molecule has 1 aromatic rings. The molecule has 26 heavy (non-hydrogen) atoms. The Kier molecular flexibility index (Phi) is 5.15. The smallest absolute Gasteiger partial charge is 0.315 e. The van der Waals surface area contributed by atoms with Crippen LogP contribution in [0.25, 0.3) is 0 Å². The van der Waals surface area contributed by atoms with E-state index in [2.05, 4.69) is 16.0 Å². The first-order chi connectivity index (χ1) is 12.4. The Labute approximate surface area is 153 Å². The SMILES string of the molecule is CC(C)[C@@H]1NC(=O)[C@@H]2C[C@H](NC(=O)N[C@@H](C)c3ccccc3)CN2C1=O. The van der Waals surface area contributed by atoms with E-state index in [4.69, 9.17) is 0 Å². The maximum atomic E-state index is 12.6. The van der Waals surface area contributed by atoms with E-state index in [1.807, 2.05) is 51.1 Å². The van der Waals surface area contributed by atoms with E-state index in [1.165, 1.54) is 0 Å². The second-order valence-electron chi connectivity index (χ2n) is 7.42. The number of hydrogen-bond donors (Lipinski definition) is 3. The third-order valence-electron chi connectivity index (χ3n) is 5.10. The van der Waals surface area contributed by atoms with Crippen LogP contribution in [0.3, 0.4) is 0 Å². The Hall–Kier alpha value is -2.57. The molecule has 0 aromatic heterocycles. The summed E-state index contributed by atoms with van der Waals surface area (Å²) >= 11 is 0. The van der Waals surface area contributed by atoms with Crippen LogP contribution in [0.2, 0.25) is 0 Å². The maximum absolute atomic E-state index is 12.6. The van der Waals surface area contributed by atoms with Gasteiger partial charge in [-0.3, -0.25) is 9.59 Å². The summed E-state index contributed by atoms with van der Waals surface area (Å²) in [6.07, 6.45) is 0.440. The number of carbonyl (C=O) groups excluding carboxylic acids is 3. The molecule has 4 atom stereocenters. The lowest BCUT2D eigenvalue weighted by Gasteiger charge is -2.36. The van der Waals surface area contributed by atoms with Crippen molar-refractivity contribution < 1.29 is 14.4 Å². The highest BCUT2D eigenvalue weighted by Gasteiger charge is 2.47. The van der Waals surface area contributed by atoms with Crippen molar-refractivity contribution in [2.45, 2.75) is 51.4 Å². The Balaban J connectivity index is 1.58. The molecular formula is C19H26N4O3. The van der Waals surface area contributed by atoms with Crippen molar-refractivity contribution in [3.63, 3.8) is 0 Å². The van der Waals surface area contributed by atoms with Crippen molar-refractivity contribution in [1.82, 2.24) is 20.9 Å². The van der Waals surface area contributed by atoms with E-state index in [1.54, 1.807) is 4.90 Å². The highest BCUT2D eigenvalue weighted by atomic mass is 16.2. The third kappa shape index (κ3) is 3.66. The fourth-order valence-corrected chi connectivity index (χ4v) is 3.62. The molecule has 7 heteroatoms. The molecule has 0 bridgehead atoms. The van der Waals surface area contributed by atoms with Crippen molar-refractivity contribution in [3.05, 3.63) is 35.9 Å². The Bertz CT molecular complexity index is 691. The lowest BCUT2D eigenvalue weighted by molar-refractivity contribution is -0.148. The predicted molar refractivity (Wildman–Crippen MR) is 97.2 cm³/mol. The number of nitrogens with one attached hydrogen (secondary N) is 3. The molecule has 0 unspecified atom stereocenters. The van der Waals surface area contributed by atoms with Crippen molar-refractivity contribution >= 4 is 17.8 Å². The molecule has 2 aliphatic rings. The van der Waals surface area contributed by atoms with E-state index < -0.39 is 12.1 Å². The number of rotatable bonds is 4. The zero-order valence-corrected chi connectivity index (χ0v) is 15.4. The molecule has 2 heterocycles. The van der Waals surface area contributed by atoms with E-state index in [9.17, 15) is 14.4 Å². The molecule has 2 aliphatic heterocycles. The van der Waals surface area contributed by atoms with Crippen molar-refractivity contribution in [2.24, 2.45) is 5.92 Å². The van der Waals surface area contributed by atoms with Crippen LogP contribution in [-0.2, 0) is 9.59 Å². The summed E-state index contributed by atoms with van der Waals surface area (Å²) in [5.41, 5.74) is 1.01. The van der Waals surface area contributed by atoms with Gasteiger partial charge in [0.1, 0.15) is 12.1 Å². The van der Waals surface area contributed by atoms with Gasteiger partial charge in [-0.1, -0.05) is 44.2 Å². The van der Waals surface area contributed by atoms with Gasteiger partial charge in [0.05, 0.1) is 12.1 Å². The number of piperazine rings is 1. The van der Waals surface area contributed by atoms with Gasteiger partial charge in [-0.15, -0.1) is 0 Å². The summed E-state index contributed by atoms with van der Waals surface area (Å²) in [4.78, 5) is 38.8. The molecule has 0 aliphatic carbocycles. The molecule has 0 radical (unpaired) electrons. The van der Waals surface area contributed by atoms with Crippen molar-refractivity contribution in [2.75, 3.05) is 6.54 Å². The summed E-state index contributed by atoms with van der Waals surface area (Å²) in [5.74, 6) is -0.160. The highest BCUT2D eigenvalue weighted by Crippen LogP contribution is 2.25. The van der Waals surface area contributed by atoms with Gasteiger partial charge in [-0.2, -0.15) is 0 Å². The molecule has 2 fully saturated rings. The number of fused-ring (bicyclic) bond motifs is 1. The summed E-state index contributed by atoms with van der Waals surface area (Å²) in [5, 5.41) is 8.60. The maximum Gasteiger partial charge on any atom is 0.315 e. The van der Waals surface area contributed by atoms with Crippen LogP contribution in [0.4, 0.5) is 4.79 Å². The average molecular weight is 358 g/mol.